The third-order valence-electron chi connectivity index (χ3n) is 3.34. The number of halogens is 3. The molecule has 0 aromatic heterocycles. The summed E-state index contributed by atoms with van der Waals surface area (Å²) in [5, 5.41) is 0.0808. The van der Waals surface area contributed by atoms with E-state index in [2.05, 4.69) is 15.9 Å². The Hall–Kier alpha value is -0.370. The minimum atomic E-state index is -3.90. The maximum absolute atomic E-state index is 14.2. The van der Waals surface area contributed by atoms with Gasteiger partial charge in [0.15, 0.2) is 5.82 Å². The van der Waals surface area contributed by atoms with Crippen molar-refractivity contribution in [2.45, 2.75) is 30.6 Å². The predicted octanol–water partition coefficient (Wildman–Crippen LogP) is 3.39. The zero-order valence-corrected chi connectivity index (χ0v) is 13.9. The lowest BCUT2D eigenvalue weighted by Crippen LogP contribution is -2.32. The van der Waals surface area contributed by atoms with Crippen LogP contribution in [0.25, 0.3) is 0 Å². The van der Waals surface area contributed by atoms with Gasteiger partial charge in [-0.15, -0.1) is 0 Å². The van der Waals surface area contributed by atoms with Gasteiger partial charge in [0.25, 0.3) is 0 Å². The number of benzene rings is 1. The Morgan fingerprint density at radius 2 is 1.80 bits per heavy atom. The first-order chi connectivity index (χ1) is 9.35. The van der Waals surface area contributed by atoms with Gasteiger partial charge in [-0.25, -0.2) is 12.8 Å². The minimum absolute atomic E-state index is 0.0808. The van der Waals surface area contributed by atoms with E-state index in [4.69, 9.17) is 17.3 Å². The van der Waals surface area contributed by atoms with Gasteiger partial charge in [0, 0.05) is 13.1 Å². The standard InChI is InChI=1S/C12H15BrClFN2O2S/c13-10-8(14)7-9(11(15)12(10)16)20(18,19)17-5-3-1-2-4-6-17/h7H,1-6,16H2. The molecule has 1 saturated heterocycles. The van der Waals surface area contributed by atoms with Gasteiger partial charge in [-0.1, -0.05) is 24.4 Å². The third kappa shape index (κ3) is 2.95. The van der Waals surface area contributed by atoms with Crippen LogP contribution in [0.1, 0.15) is 25.7 Å². The van der Waals surface area contributed by atoms with Crippen molar-refractivity contribution in [3.63, 3.8) is 0 Å². The van der Waals surface area contributed by atoms with Crippen LogP contribution >= 0.6 is 27.5 Å². The van der Waals surface area contributed by atoms with Crippen molar-refractivity contribution < 1.29 is 12.8 Å². The number of sulfonamides is 1. The molecule has 1 fully saturated rings. The number of hydrogen-bond acceptors (Lipinski definition) is 3. The number of hydrogen-bond donors (Lipinski definition) is 1. The van der Waals surface area contributed by atoms with Gasteiger partial charge in [0.1, 0.15) is 4.90 Å². The van der Waals surface area contributed by atoms with Gasteiger partial charge < -0.3 is 5.73 Å². The first-order valence-corrected chi connectivity index (χ1v) is 8.90. The van der Waals surface area contributed by atoms with Crippen LogP contribution in [0.3, 0.4) is 0 Å². The summed E-state index contributed by atoms with van der Waals surface area (Å²) in [4.78, 5) is -0.454. The maximum Gasteiger partial charge on any atom is 0.246 e. The molecule has 0 unspecified atom stereocenters. The predicted molar refractivity (Wildman–Crippen MR) is 80.7 cm³/mol. The number of nitrogens with zero attached hydrogens (tertiary/aromatic N) is 1. The van der Waals surface area contributed by atoms with Crippen LogP contribution in [0.4, 0.5) is 10.1 Å². The van der Waals surface area contributed by atoms with Crippen molar-refractivity contribution in [3.8, 4) is 0 Å². The SMILES string of the molecule is Nc1c(F)c(S(=O)(=O)N2CCCCCC2)cc(Cl)c1Br. The lowest BCUT2D eigenvalue weighted by molar-refractivity contribution is 0.420. The van der Waals surface area contributed by atoms with Crippen LogP contribution < -0.4 is 5.73 Å². The summed E-state index contributed by atoms with van der Waals surface area (Å²) in [7, 11) is -3.90. The van der Waals surface area contributed by atoms with Crippen LogP contribution in [0.2, 0.25) is 5.02 Å². The molecule has 0 saturated carbocycles. The van der Waals surface area contributed by atoms with Gasteiger partial charge in [-0.2, -0.15) is 4.31 Å². The Kier molecular flexibility index (Phi) is 4.94. The van der Waals surface area contributed by atoms with E-state index in [0.717, 1.165) is 31.7 Å². The monoisotopic (exact) mass is 384 g/mol. The molecule has 8 heteroatoms. The normalized spacial score (nSPS) is 17.9. The van der Waals surface area contributed by atoms with Crippen molar-refractivity contribution >= 4 is 43.2 Å². The summed E-state index contributed by atoms with van der Waals surface area (Å²) in [6, 6.07) is 1.11. The van der Waals surface area contributed by atoms with E-state index < -0.39 is 20.7 Å². The highest BCUT2D eigenvalue weighted by atomic mass is 79.9. The zero-order chi connectivity index (χ0) is 14.9. The highest BCUT2D eigenvalue weighted by molar-refractivity contribution is 9.10. The molecular weight excluding hydrogens is 371 g/mol. The van der Waals surface area contributed by atoms with E-state index in [0.29, 0.717) is 13.1 Å². The van der Waals surface area contributed by atoms with Crippen LogP contribution in [-0.2, 0) is 10.0 Å². The topological polar surface area (TPSA) is 63.4 Å². The number of nitrogens with two attached hydrogens (primary N) is 1. The lowest BCUT2D eigenvalue weighted by atomic mass is 10.2. The summed E-state index contributed by atoms with van der Waals surface area (Å²) in [6.07, 6.45) is 3.52. The van der Waals surface area contributed by atoms with E-state index in [1.54, 1.807) is 0 Å². The molecule has 1 aliphatic heterocycles. The molecule has 2 rings (SSSR count). The van der Waals surface area contributed by atoms with E-state index in [1.807, 2.05) is 0 Å². The smallest absolute Gasteiger partial charge is 0.246 e. The average Bonchev–Trinajstić information content (AvgIpc) is 2.69. The van der Waals surface area contributed by atoms with E-state index >= 15 is 0 Å². The van der Waals surface area contributed by atoms with Gasteiger partial charge in [0.05, 0.1) is 15.2 Å². The molecule has 20 heavy (non-hydrogen) atoms. The second-order valence-electron chi connectivity index (χ2n) is 4.72. The number of rotatable bonds is 2. The summed E-state index contributed by atoms with van der Waals surface area (Å²) in [5.74, 6) is -0.953. The van der Waals surface area contributed by atoms with Crippen LogP contribution in [-0.4, -0.2) is 25.8 Å². The van der Waals surface area contributed by atoms with Gasteiger partial charge in [-0.05, 0) is 34.8 Å². The molecule has 0 spiro atoms. The molecule has 1 aliphatic rings. The number of anilines is 1. The quantitative estimate of drug-likeness (QED) is 0.627. The summed E-state index contributed by atoms with van der Waals surface area (Å²) < 4.78 is 40.7. The Morgan fingerprint density at radius 3 is 2.35 bits per heavy atom. The third-order valence-corrected chi connectivity index (χ3v) is 6.62. The molecule has 1 aromatic carbocycles. The molecule has 0 radical (unpaired) electrons. The Bertz CT molecular complexity index is 616. The summed E-state index contributed by atoms with van der Waals surface area (Å²) in [5.41, 5.74) is 5.27. The number of nitrogen functional groups attached to an aromatic ring is 1. The Labute approximate surface area is 131 Å². The Balaban J connectivity index is 2.49. The molecule has 0 atom stereocenters. The fraction of sp³-hybridized carbons (Fsp3) is 0.500. The lowest BCUT2D eigenvalue weighted by Gasteiger charge is -2.21. The van der Waals surface area contributed by atoms with Crippen molar-refractivity contribution in [1.82, 2.24) is 4.31 Å². The summed E-state index contributed by atoms with van der Waals surface area (Å²) >= 11 is 8.93. The molecule has 1 heterocycles. The van der Waals surface area contributed by atoms with Crippen LogP contribution in [0, 0.1) is 5.82 Å². The average molecular weight is 386 g/mol. The first-order valence-electron chi connectivity index (χ1n) is 6.29. The largest absolute Gasteiger partial charge is 0.395 e. The fourth-order valence-corrected chi connectivity index (χ4v) is 4.39. The molecule has 4 nitrogen and oxygen atoms in total. The maximum atomic E-state index is 14.2. The first kappa shape index (κ1) is 16.0. The molecule has 2 N–H and O–H groups in total. The van der Waals surface area contributed by atoms with Crippen molar-refractivity contribution in [3.05, 3.63) is 21.4 Å². The molecule has 112 valence electrons. The van der Waals surface area contributed by atoms with E-state index in [1.165, 1.54) is 4.31 Å². The minimum Gasteiger partial charge on any atom is -0.395 e. The van der Waals surface area contributed by atoms with Gasteiger partial charge in [-0.3, -0.25) is 0 Å². The van der Waals surface area contributed by atoms with Gasteiger partial charge in [0.2, 0.25) is 10.0 Å². The van der Waals surface area contributed by atoms with Crippen LogP contribution in [0.5, 0.6) is 0 Å². The second kappa shape index (κ2) is 6.17. The molecular formula is C12H15BrClFN2O2S. The Morgan fingerprint density at radius 1 is 1.25 bits per heavy atom. The molecule has 0 amide bonds. The van der Waals surface area contributed by atoms with Gasteiger partial charge >= 0.3 is 0 Å². The highest BCUT2D eigenvalue weighted by Crippen LogP contribution is 2.36. The zero-order valence-electron chi connectivity index (χ0n) is 10.7. The molecule has 0 bridgehead atoms. The second-order valence-corrected chi connectivity index (χ2v) is 7.82. The van der Waals surface area contributed by atoms with Crippen LogP contribution in [0.15, 0.2) is 15.4 Å². The molecule has 1 aromatic rings. The molecule has 0 aliphatic carbocycles. The highest BCUT2D eigenvalue weighted by Gasteiger charge is 2.30. The van der Waals surface area contributed by atoms with Crippen molar-refractivity contribution in [2.24, 2.45) is 0 Å². The fourth-order valence-electron chi connectivity index (χ4n) is 2.21. The van der Waals surface area contributed by atoms with Crippen molar-refractivity contribution in [1.29, 1.82) is 0 Å². The van der Waals surface area contributed by atoms with Crippen molar-refractivity contribution in [2.75, 3.05) is 18.8 Å². The van der Waals surface area contributed by atoms with E-state index in [-0.39, 0.29) is 15.2 Å². The van der Waals surface area contributed by atoms with E-state index in [9.17, 15) is 12.8 Å². The summed E-state index contributed by atoms with van der Waals surface area (Å²) in [6.45, 7) is 0.796.